The molecule has 0 aliphatic carbocycles. The Hall–Kier alpha value is -2.65. The lowest BCUT2D eigenvalue weighted by Gasteiger charge is -2.18. The van der Waals surface area contributed by atoms with Crippen molar-refractivity contribution in [2.75, 3.05) is 0 Å². The van der Waals surface area contributed by atoms with Crippen LogP contribution in [-0.2, 0) is 6.61 Å². The van der Waals surface area contributed by atoms with E-state index in [4.69, 9.17) is 9.72 Å². The molecule has 0 atom stereocenters. The number of aryl methyl sites for hydroxylation is 1. The first-order valence-electron chi connectivity index (χ1n) is 8.01. The van der Waals surface area contributed by atoms with E-state index in [9.17, 15) is 0 Å². The third-order valence-electron chi connectivity index (χ3n) is 4.48. The summed E-state index contributed by atoms with van der Waals surface area (Å²) in [7, 11) is 0. The molecule has 0 spiro atoms. The van der Waals surface area contributed by atoms with Crippen molar-refractivity contribution in [3.8, 4) is 27.6 Å². The highest BCUT2D eigenvalue weighted by molar-refractivity contribution is 7.15. The maximum Gasteiger partial charge on any atom is 0.129 e. The zero-order chi connectivity index (χ0) is 16.1. The Morgan fingerprint density at radius 2 is 1.79 bits per heavy atom. The van der Waals surface area contributed by atoms with Gasteiger partial charge in [0.2, 0.25) is 0 Å². The van der Waals surface area contributed by atoms with Crippen LogP contribution in [0.15, 0.2) is 60.7 Å². The normalized spacial score (nSPS) is 12.5. The van der Waals surface area contributed by atoms with Gasteiger partial charge in [0.25, 0.3) is 0 Å². The fourth-order valence-electron chi connectivity index (χ4n) is 3.22. The van der Waals surface area contributed by atoms with Crippen LogP contribution in [0.25, 0.3) is 32.6 Å². The Morgan fingerprint density at radius 3 is 2.67 bits per heavy atom. The standard InChI is InChI=1S/C21H15NOS/c1-13-6-8-15(9-7-13)21-22-20-18(24-21)12-23-17-11-10-14-4-2-3-5-16(14)19(17)20/h2-11H,12H2,1H3. The molecule has 116 valence electrons. The van der Waals surface area contributed by atoms with Gasteiger partial charge in [0.1, 0.15) is 17.4 Å². The van der Waals surface area contributed by atoms with Gasteiger partial charge in [0.15, 0.2) is 0 Å². The smallest absolute Gasteiger partial charge is 0.129 e. The summed E-state index contributed by atoms with van der Waals surface area (Å²) in [5, 5.41) is 3.48. The van der Waals surface area contributed by atoms with E-state index in [1.54, 1.807) is 11.3 Å². The van der Waals surface area contributed by atoms with Gasteiger partial charge in [0, 0.05) is 5.56 Å². The average Bonchev–Trinajstić information content (AvgIpc) is 3.06. The lowest BCUT2D eigenvalue weighted by Crippen LogP contribution is -2.03. The fourth-order valence-corrected chi connectivity index (χ4v) is 4.21. The molecule has 0 N–H and O–H groups in total. The molecule has 0 radical (unpaired) electrons. The number of aromatic nitrogens is 1. The van der Waals surface area contributed by atoms with Crippen molar-refractivity contribution in [2.24, 2.45) is 0 Å². The van der Waals surface area contributed by atoms with Crippen LogP contribution >= 0.6 is 11.3 Å². The van der Waals surface area contributed by atoms with E-state index in [2.05, 4.69) is 67.6 Å². The average molecular weight is 329 g/mol. The van der Waals surface area contributed by atoms with Gasteiger partial charge in [-0.2, -0.15) is 0 Å². The van der Waals surface area contributed by atoms with E-state index in [1.807, 2.05) is 0 Å². The molecule has 24 heavy (non-hydrogen) atoms. The lowest BCUT2D eigenvalue weighted by molar-refractivity contribution is 0.306. The van der Waals surface area contributed by atoms with Gasteiger partial charge in [-0.05, 0) is 23.8 Å². The molecule has 0 saturated heterocycles. The van der Waals surface area contributed by atoms with Gasteiger partial charge in [-0.15, -0.1) is 11.3 Å². The zero-order valence-electron chi connectivity index (χ0n) is 13.2. The van der Waals surface area contributed by atoms with Crippen molar-refractivity contribution in [1.82, 2.24) is 4.98 Å². The highest BCUT2D eigenvalue weighted by Crippen LogP contribution is 2.45. The van der Waals surface area contributed by atoms with Gasteiger partial charge in [-0.1, -0.05) is 60.2 Å². The minimum Gasteiger partial charge on any atom is -0.487 e. The second-order valence-corrected chi connectivity index (χ2v) is 7.19. The van der Waals surface area contributed by atoms with E-state index < -0.39 is 0 Å². The van der Waals surface area contributed by atoms with E-state index in [1.165, 1.54) is 26.8 Å². The van der Waals surface area contributed by atoms with Crippen LogP contribution in [0.1, 0.15) is 10.4 Å². The highest BCUT2D eigenvalue weighted by Gasteiger charge is 2.24. The van der Waals surface area contributed by atoms with Crippen molar-refractivity contribution in [2.45, 2.75) is 13.5 Å². The zero-order valence-corrected chi connectivity index (χ0v) is 14.1. The molecule has 1 aliphatic rings. The Labute approximate surface area is 144 Å². The van der Waals surface area contributed by atoms with E-state index in [0.717, 1.165) is 22.0 Å². The molecule has 5 rings (SSSR count). The first kappa shape index (κ1) is 13.8. The SMILES string of the molecule is Cc1ccc(-c2nc3c(s2)COc2ccc4ccccc4c2-3)cc1. The van der Waals surface area contributed by atoms with Crippen LogP contribution in [-0.4, -0.2) is 4.98 Å². The second kappa shape index (κ2) is 5.18. The summed E-state index contributed by atoms with van der Waals surface area (Å²) in [5.41, 5.74) is 4.64. The van der Waals surface area contributed by atoms with Crippen molar-refractivity contribution < 1.29 is 4.74 Å². The maximum atomic E-state index is 6.00. The van der Waals surface area contributed by atoms with E-state index in [0.29, 0.717) is 6.61 Å². The summed E-state index contributed by atoms with van der Waals surface area (Å²) < 4.78 is 6.00. The monoisotopic (exact) mass is 329 g/mol. The second-order valence-electron chi connectivity index (χ2n) is 6.11. The Morgan fingerprint density at radius 1 is 0.958 bits per heavy atom. The third-order valence-corrected chi connectivity index (χ3v) is 5.56. The number of hydrogen-bond acceptors (Lipinski definition) is 3. The molecular formula is C21H15NOS. The molecule has 0 amide bonds. The number of rotatable bonds is 1. The summed E-state index contributed by atoms with van der Waals surface area (Å²) in [5.74, 6) is 0.932. The molecule has 3 heteroatoms. The molecule has 3 aromatic carbocycles. The third kappa shape index (κ3) is 2.05. The van der Waals surface area contributed by atoms with Gasteiger partial charge in [0.05, 0.1) is 16.1 Å². The largest absolute Gasteiger partial charge is 0.487 e. The Bertz CT molecular complexity index is 1060. The number of hydrogen-bond donors (Lipinski definition) is 0. The number of benzene rings is 3. The predicted molar refractivity (Wildman–Crippen MR) is 99.6 cm³/mol. The first-order chi connectivity index (χ1) is 11.8. The maximum absolute atomic E-state index is 6.00. The summed E-state index contributed by atoms with van der Waals surface area (Å²) in [6.07, 6.45) is 0. The molecule has 0 saturated carbocycles. The lowest BCUT2D eigenvalue weighted by atomic mass is 9.99. The number of fused-ring (bicyclic) bond motifs is 5. The van der Waals surface area contributed by atoms with Crippen LogP contribution in [0.4, 0.5) is 0 Å². The number of nitrogens with zero attached hydrogens (tertiary/aromatic N) is 1. The summed E-state index contributed by atoms with van der Waals surface area (Å²) in [6.45, 7) is 2.71. The van der Waals surface area contributed by atoms with Gasteiger partial charge >= 0.3 is 0 Å². The Kier molecular flexibility index (Phi) is 2.97. The van der Waals surface area contributed by atoms with Gasteiger partial charge in [-0.3, -0.25) is 0 Å². The summed E-state index contributed by atoms with van der Waals surface area (Å²) in [4.78, 5) is 6.18. The molecule has 0 unspecified atom stereocenters. The minimum absolute atomic E-state index is 0.601. The Balaban J connectivity index is 1.74. The molecule has 0 fully saturated rings. The van der Waals surface area contributed by atoms with Crippen molar-refractivity contribution >= 4 is 22.1 Å². The quantitative estimate of drug-likeness (QED) is 0.438. The van der Waals surface area contributed by atoms with E-state index in [-0.39, 0.29) is 0 Å². The number of ether oxygens (including phenoxy) is 1. The van der Waals surface area contributed by atoms with Crippen LogP contribution in [0.5, 0.6) is 5.75 Å². The summed E-state index contributed by atoms with van der Waals surface area (Å²) >= 11 is 1.73. The van der Waals surface area contributed by atoms with Crippen molar-refractivity contribution in [3.05, 3.63) is 71.1 Å². The topological polar surface area (TPSA) is 22.1 Å². The molecule has 0 bridgehead atoms. The van der Waals surface area contributed by atoms with Crippen LogP contribution in [0.3, 0.4) is 0 Å². The first-order valence-corrected chi connectivity index (χ1v) is 8.83. The molecule has 1 aromatic heterocycles. The fraction of sp³-hybridized carbons (Fsp3) is 0.0952. The van der Waals surface area contributed by atoms with E-state index >= 15 is 0 Å². The highest BCUT2D eigenvalue weighted by atomic mass is 32.1. The van der Waals surface area contributed by atoms with Gasteiger partial charge in [-0.25, -0.2) is 4.98 Å². The van der Waals surface area contributed by atoms with Crippen LogP contribution in [0.2, 0.25) is 0 Å². The number of thiazole rings is 1. The summed E-state index contributed by atoms with van der Waals surface area (Å²) in [6, 6.07) is 21.2. The molecule has 4 aromatic rings. The van der Waals surface area contributed by atoms with Crippen LogP contribution in [0, 0.1) is 6.92 Å². The van der Waals surface area contributed by atoms with Crippen molar-refractivity contribution in [3.63, 3.8) is 0 Å². The molecule has 2 heterocycles. The minimum atomic E-state index is 0.601. The molecule has 1 aliphatic heterocycles. The van der Waals surface area contributed by atoms with Gasteiger partial charge < -0.3 is 4.74 Å². The van der Waals surface area contributed by atoms with Crippen LogP contribution < -0.4 is 4.74 Å². The predicted octanol–water partition coefficient (Wildman–Crippen LogP) is 5.83. The van der Waals surface area contributed by atoms with Crippen molar-refractivity contribution in [1.29, 1.82) is 0 Å². The molecule has 2 nitrogen and oxygen atoms in total. The molecular weight excluding hydrogens is 314 g/mol.